The van der Waals surface area contributed by atoms with Gasteiger partial charge < -0.3 is 4.98 Å². The van der Waals surface area contributed by atoms with Crippen molar-refractivity contribution in [1.82, 2.24) is 14.3 Å². The molecule has 1 atom stereocenters. The summed E-state index contributed by atoms with van der Waals surface area (Å²) < 4.78 is 38.5. The molecule has 0 amide bonds. The van der Waals surface area contributed by atoms with Gasteiger partial charge in [0.2, 0.25) is 10.0 Å². The van der Waals surface area contributed by atoms with E-state index in [2.05, 4.69) is 9.97 Å². The van der Waals surface area contributed by atoms with Crippen molar-refractivity contribution < 1.29 is 12.8 Å². The van der Waals surface area contributed by atoms with Crippen LogP contribution in [0.15, 0.2) is 36.7 Å². The number of aromatic amines is 1. The molecule has 0 aliphatic heterocycles. The Morgan fingerprint density at radius 3 is 2.50 bits per heavy atom. The third-order valence-corrected chi connectivity index (χ3v) is 4.95. The second-order valence-electron chi connectivity index (χ2n) is 4.35. The number of hydrogen-bond donors (Lipinski definition) is 1. The smallest absolute Gasteiger partial charge is 0.214 e. The molecule has 0 aliphatic rings. The monoisotopic (exact) mass is 297 g/mol. The molecule has 1 aromatic carbocycles. The summed E-state index contributed by atoms with van der Waals surface area (Å²) in [6.45, 7) is 1.58. The lowest BCUT2D eigenvalue weighted by atomic mass is 10.1. The van der Waals surface area contributed by atoms with Crippen LogP contribution in [0, 0.1) is 5.82 Å². The maximum Gasteiger partial charge on any atom is 0.214 e. The van der Waals surface area contributed by atoms with Crippen LogP contribution in [0.3, 0.4) is 0 Å². The van der Waals surface area contributed by atoms with Crippen molar-refractivity contribution in [2.45, 2.75) is 13.0 Å². The molecule has 0 aliphatic carbocycles. The molecular weight excluding hydrogens is 281 g/mol. The first kappa shape index (κ1) is 14.7. The summed E-state index contributed by atoms with van der Waals surface area (Å²) in [6, 6.07) is 5.12. The molecule has 5 nitrogen and oxygen atoms in total. The fourth-order valence-corrected chi connectivity index (χ4v) is 2.93. The summed E-state index contributed by atoms with van der Waals surface area (Å²) in [5, 5.41) is 0. The van der Waals surface area contributed by atoms with Gasteiger partial charge >= 0.3 is 0 Å². The van der Waals surface area contributed by atoms with Gasteiger partial charge in [-0.3, -0.25) is 0 Å². The summed E-state index contributed by atoms with van der Waals surface area (Å²) >= 11 is 0. The molecule has 1 aromatic heterocycles. The molecule has 1 unspecified atom stereocenters. The summed E-state index contributed by atoms with van der Waals surface area (Å²) in [5.41, 5.74) is 0.654. The van der Waals surface area contributed by atoms with Gasteiger partial charge in [0.1, 0.15) is 17.7 Å². The Balaban J connectivity index is 2.49. The molecule has 1 heterocycles. The van der Waals surface area contributed by atoms with Gasteiger partial charge in [0.15, 0.2) is 0 Å². The maximum absolute atomic E-state index is 13.0. The lowest BCUT2D eigenvalue weighted by Crippen LogP contribution is -2.33. The SMILES string of the molecule is CCS(=O)(=O)N(C)C(c1ccc(F)cc1)c1ncc[nH]1. The van der Waals surface area contributed by atoms with E-state index < -0.39 is 16.1 Å². The van der Waals surface area contributed by atoms with Crippen LogP contribution in [0.25, 0.3) is 0 Å². The largest absolute Gasteiger partial charge is 0.347 e. The Bertz CT molecular complexity index is 653. The molecule has 0 fully saturated rings. The van der Waals surface area contributed by atoms with E-state index in [-0.39, 0.29) is 11.6 Å². The average molecular weight is 297 g/mol. The van der Waals surface area contributed by atoms with Gasteiger partial charge in [0, 0.05) is 19.4 Å². The second-order valence-corrected chi connectivity index (χ2v) is 6.66. The Labute approximate surface area is 117 Å². The Morgan fingerprint density at radius 2 is 2.00 bits per heavy atom. The van der Waals surface area contributed by atoms with Crippen molar-refractivity contribution in [2.24, 2.45) is 0 Å². The number of nitrogens with one attached hydrogen (secondary N) is 1. The minimum atomic E-state index is -3.40. The van der Waals surface area contributed by atoms with Crippen LogP contribution in [-0.2, 0) is 10.0 Å². The van der Waals surface area contributed by atoms with Crippen molar-refractivity contribution in [3.8, 4) is 0 Å². The molecule has 7 heteroatoms. The topological polar surface area (TPSA) is 66.1 Å². The quantitative estimate of drug-likeness (QED) is 0.917. The number of rotatable bonds is 5. The zero-order valence-corrected chi connectivity index (χ0v) is 12.1. The van der Waals surface area contributed by atoms with Crippen molar-refractivity contribution in [1.29, 1.82) is 0 Å². The third kappa shape index (κ3) is 2.88. The van der Waals surface area contributed by atoms with Crippen LogP contribution >= 0.6 is 0 Å². The van der Waals surface area contributed by atoms with Crippen molar-refractivity contribution in [2.75, 3.05) is 12.8 Å². The zero-order chi connectivity index (χ0) is 14.8. The second kappa shape index (κ2) is 5.72. The van der Waals surface area contributed by atoms with E-state index in [0.717, 1.165) is 0 Å². The Hall–Kier alpha value is -1.73. The van der Waals surface area contributed by atoms with Crippen LogP contribution in [0.5, 0.6) is 0 Å². The number of imidazole rings is 1. The Kier molecular flexibility index (Phi) is 4.20. The molecule has 0 spiro atoms. The van der Waals surface area contributed by atoms with Gasteiger partial charge in [-0.05, 0) is 24.6 Å². The number of aromatic nitrogens is 2. The number of sulfonamides is 1. The molecule has 2 rings (SSSR count). The summed E-state index contributed by atoms with van der Waals surface area (Å²) in [6.07, 6.45) is 3.18. The summed E-state index contributed by atoms with van der Waals surface area (Å²) in [4.78, 5) is 7.05. The normalized spacial score (nSPS) is 13.6. The van der Waals surface area contributed by atoms with E-state index in [1.807, 2.05) is 0 Å². The molecule has 1 N–H and O–H groups in total. The van der Waals surface area contributed by atoms with E-state index >= 15 is 0 Å². The molecule has 0 saturated heterocycles. The number of hydrogen-bond acceptors (Lipinski definition) is 3. The fraction of sp³-hybridized carbons (Fsp3) is 0.308. The number of benzene rings is 1. The molecular formula is C13H16FN3O2S. The maximum atomic E-state index is 13.0. The van der Waals surface area contributed by atoms with Crippen molar-refractivity contribution in [3.63, 3.8) is 0 Å². The summed E-state index contributed by atoms with van der Waals surface area (Å²) in [5.74, 6) is 0.117. The van der Waals surface area contributed by atoms with Crippen molar-refractivity contribution in [3.05, 3.63) is 53.9 Å². The highest BCUT2D eigenvalue weighted by atomic mass is 32.2. The molecule has 2 aromatic rings. The van der Waals surface area contributed by atoms with Gasteiger partial charge in [0.25, 0.3) is 0 Å². The predicted molar refractivity (Wildman–Crippen MR) is 74.1 cm³/mol. The fourth-order valence-electron chi connectivity index (χ4n) is 1.98. The molecule has 20 heavy (non-hydrogen) atoms. The van der Waals surface area contributed by atoms with E-state index in [4.69, 9.17) is 0 Å². The lowest BCUT2D eigenvalue weighted by Gasteiger charge is -2.26. The number of halogens is 1. The average Bonchev–Trinajstić information content (AvgIpc) is 2.95. The molecule has 0 radical (unpaired) electrons. The molecule has 0 saturated carbocycles. The van der Waals surface area contributed by atoms with Crippen LogP contribution in [0.2, 0.25) is 0 Å². The van der Waals surface area contributed by atoms with E-state index in [0.29, 0.717) is 11.4 Å². The highest BCUT2D eigenvalue weighted by Gasteiger charge is 2.29. The molecule has 108 valence electrons. The highest BCUT2D eigenvalue weighted by Crippen LogP contribution is 2.27. The van der Waals surface area contributed by atoms with E-state index in [9.17, 15) is 12.8 Å². The van der Waals surface area contributed by atoms with Crippen LogP contribution in [0.1, 0.15) is 24.4 Å². The lowest BCUT2D eigenvalue weighted by molar-refractivity contribution is 0.407. The predicted octanol–water partition coefficient (Wildman–Crippen LogP) is 1.92. The first-order chi connectivity index (χ1) is 9.45. The first-order valence-electron chi connectivity index (χ1n) is 6.16. The number of nitrogens with zero attached hydrogens (tertiary/aromatic N) is 2. The van der Waals surface area contributed by atoms with E-state index in [1.165, 1.54) is 23.5 Å². The van der Waals surface area contributed by atoms with Gasteiger partial charge in [-0.2, -0.15) is 4.31 Å². The van der Waals surface area contributed by atoms with Gasteiger partial charge in [0.05, 0.1) is 5.75 Å². The zero-order valence-electron chi connectivity index (χ0n) is 11.2. The van der Waals surface area contributed by atoms with Crippen LogP contribution in [0.4, 0.5) is 4.39 Å². The minimum Gasteiger partial charge on any atom is -0.347 e. The highest BCUT2D eigenvalue weighted by molar-refractivity contribution is 7.89. The van der Waals surface area contributed by atoms with E-state index in [1.54, 1.807) is 31.5 Å². The van der Waals surface area contributed by atoms with Crippen LogP contribution < -0.4 is 0 Å². The third-order valence-electron chi connectivity index (χ3n) is 3.13. The first-order valence-corrected chi connectivity index (χ1v) is 7.77. The molecule has 0 bridgehead atoms. The minimum absolute atomic E-state index is 0.0120. The van der Waals surface area contributed by atoms with Gasteiger partial charge in [-0.1, -0.05) is 12.1 Å². The standard InChI is InChI=1S/C13H16FN3O2S/c1-3-20(18,19)17(2)12(13-15-8-9-16-13)10-4-6-11(14)7-5-10/h4-9,12H,3H2,1-2H3,(H,15,16). The number of H-pyrrole nitrogens is 1. The van der Waals surface area contributed by atoms with Crippen molar-refractivity contribution >= 4 is 10.0 Å². The summed E-state index contributed by atoms with van der Waals surface area (Å²) in [7, 11) is -1.91. The Morgan fingerprint density at radius 1 is 1.35 bits per heavy atom. The van der Waals surface area contributed by atoms with Gasteiger partial charge in [-0.25, -0.2) is 17.8 Å². The van der Waals surface area contributed by atoms with Crippen LogP contribution in [-0.4, -0.2) is 35.5 Å². The van der Waals surface area contributed by atoms with Gasteiger partial charge in [-0.15, -0.1) is 0 Å².